The summed E-state index contributed by atoms with van der Waals surface area (Å²) in [6, 6.07) is 12.5. The van der Waals surface area contributed by atoms with Crippen LogP contribution in [-0.2, 0) is 4.79 Å². The lowest BCUT2D eigenvalue weighted by Gasteiger charge is -2.33. The summed E-state index contributed by atoms with van der Waals surface area (Å²) < 4.78 is -0.188. The van der Waals surface area contributed by atoms with Crippen LogP contribution in [0.15, 0.2) is 48.5 Å². The van der Waals surface area contributed by atoms with E-state index < -0.39 is 0 Å². The normalized spacial score (nSPS) is 18.7. The second-order valence-corrected chi connectivity index (χ2v) is 6.94. The molecule has 0 N–H and O–H groups in total. The van der Waals surface area contributed by atoms with E-state index in [4.69, 9.17) is 16.4 Å². The molecule has 1 atom stereocenters. The molecule has 0 aromatic heterocycles. The fourth-order valence-electron chi connectivity index (χ4n) is 2.86. The number of allylic oxidation sites excluding steroid dienone is 1. The van der Waals surface area contributed by atoms with Crippen molar-refractivity contribution in [1.82, 2.24) is 0 Å². The summed E-state index contributed by atoms with van der Waals surface area (Å²) in [6.45, 7) is 1.85. The van der Waals surface area contributed by atoms with E-state index in [0.29, 0.717) is 16.3 Å². The van der Waals surface area contributed by atoms with Gasteiger partial charge in [-0.2, -0.15) is 0 Å². The van der Waals surface area contributed by atoms with Crippen molar-refractivity contribution < 1.29 is 19.1 Å². The number of hydrogen-bond donors (Lipinski definition) is 0. The molecular weight excluding hydrogens is 338 g/mol. The lowest BCUT2D eigenvalue weighted by atomic mass is 9.95. The predicted molar refractivity (Wildman–Crippen MR) is 97.4 cm³/mol. The zero-order valence-electron chi connectivity index (χ0n) is 14.3. The van der Waals surface area contributed by atoms with Gasteiger partial charge in [-0.15, -0.1) is 0 Å². The first-order valence-corrected chi connectivity index (χ1v) is 8.35. The van der Waals surface area contributed by atoms with Crippen LogP contribution >= 0.6 is 11.6 Å². The van der Waals surface area contributed by atoms with Crippen molar-refractivity contribution in [2.75, 3.05) is 14.1 Å². The van der Waals surface area contributed by atoms with Crippen LogP contribution in [0.3, 0.4) is 0 Å². The third-order valence-electron chi connectivity index (χ3n) is 4.29. The van der Waals surface area contributed by atoms with Gasteiger partial charge in [0.1, 0.15) is 20.0 Å². The number of carbonyl (C=O) groups excluding carboxylic acids is 2. The van der Waals surface area contributed by atoms with E-state index >= 15 is 0 Å². The lowest BCUT2D eigenvalue weighted by Crippen LogP contribution is -2.53. The van der Waals surface area contributed by atoms with Crippen LogP contribution in [0.25, 0.3) is 6.08 Å². The first kappa shape index (κ1) is 17.4. The van der Waals surface area contributed by atoms with Gasteiger partial charge in [0.2, 0.25) is 0 Å². The highest BCUT2D eigenvalue weighted by atomic mass is 35.5. The fraction of sp³-hybridized carbons (Fsp3) is 0.200. The topological polar surface area (TPSA) is 43.4 Å². The maximum atomic E-state index is 12.4. The Morgan fingerprint density at radius 3 is 2.52 bits per heavy atom. The molecule has 25 heavy (non-hydrogen) atoms. The number of amides is 1. The molecule has 2 aromatic carbocycles. The van der Waals surface area contributed by atoms with E-state index in [2.05, 4.69) is 0 Å². The molecule has 0 bridgehead atoms. The number of benzene rings is 2. The van der Waals surface area contributed by atoms with Gasteiger partial charge in [0.25, 0.3) is 0 Å². The number of hydroxylamine groups is 3. The third-order valence-corrected chi connectivity index (χ3v) is 4.54. The zero-order valence-corrected chi connectivity index (χ0v) is 15.1. The smallest absolute Gasteiger partial charge is 0.308 e. The van der Waals surface area contributed by atoms with Crippen LogP contribution in [-0.4, -0.2) is 30.4 Å². The molecule has 1 unspecified atom stereocenters. The van der Waals surface area contributed by atoms with Gasteiger partial charge < -0.3 is 4.84 Å². The first-order chi connectivity index (χ1) is 11.8. The standard InChI is InChI=1S/C20H19ClNO3/c1-13-17-10-7-15(12-19(17)25-22(2,3)20(13)24)18(23)11-6-14-4-8-16(21)9-5-14/h4-13H,1-3H3/q+1. The summed E-state index contributed by atoms with van der Waals surface area (Å²) in [5, 5.41) is 0.653. The van der Waals surface area contributed by atoms with Crippen molar-refractivity contribution in [3.8, 4) is 5.75 Å². The maximum Gasteiger partial charge on any atom is 0.361 e. The molecule has 5 heteroatoms. The number of ketones is 1. The average molecular weight is 357 g/mol. The van der Waals surface area contributed by atoms with E-state index in [-0.39, 0.29) is 22.3 Å². The van der Waals surface area contributed by atoms with E-state index in [1.54, 1.807) is 50.5 Å². The van der Waals surface area contributed by atoms with E-state index in [1.165, 1.54) is 6.08 Å². The van der Waals surface area contributed by atoms with Crippen molar-refractivity contribution in [3.63, 3.8) is 0 Å². The zero-order chi connectivity index (χ0) is 18.2. The first-order valence-electron chi connectivity index (χ1n) is 7.98. The number of carbonyl (C=O) groups is 2. The quantitative estimate of drug-likeness (QED) is 0.469. The van der Waals surface area contributed by atoms with Gasteiger partial charge in [-0.25, -0.2) is 4.79 Å². The molecule has 0 saturated heterocycles. The fourth-order valence-corrected chi connectivity index (χ4v) is 2.98. The summed E-state index contributed by atoms with van der Waals surface area (Å²) in [5.74, 6) is 0.153. The molecule has 0 radical (unpaired) electrons. The Morgan fingerprint density at radius 1 is 1.16 bits per heavy atom. The van der Waals surface area contributed by atoms with Gasteiger partial charge in [-0.05, 0) is 36.8 Å². The number of hydrogen-bond acceptors (Lipinski definition) is 3. The minimum absolute atomic E-state index is 0.0192. The Bertz CT molecular complexity index is 869. The Hall–Kier alpha value is -2.43. The van der Waals surface area contributed by atoms with Gasteiger partial charge in [-0.1, -0.05) is 46.6 Å². The average Bonchev–Trinajstić information content (AvgIpc) is 2.58. The van der Waals surface area contributed by atoms with Gasteiger partial charge in [0.15, 0.2) is 11.5 Å². The second kappa shape index (κ2) is 6.47. The van der Waals surface area contributed by atoms with Crippen molar-refractivity contribution in [3.05, 3.63) is 70.3 Å². The number of fused-ring (bicyclic) bond motifs is 1. The van der Waals surface area contributed by atoms with Crippen LogP contribution in [0.1, 0.15) is 34.3 Å². The van der Waals surface area contributed by atoms with Crippen molar-refractivity contribution >= 4 is 29.4 Å². The lowest BCUT2D eigenvalue weighted by molar-refractivity contribution is -0.984. The summed E-state index contributed by atoms with van der Waals surface area (Å²) in [6.07, 6.45) is 3.26. The monoisotopic (exact) mass is 356 g/mol. The molecular formula is C20H19ClNO3+. The number of nitrogens with zero attached hydrogens (tertiary/aromatic N) is 1. The Balaban J connectivity index is 1.86. The maximum absolute atomic E-state index is 12.4. The highest BCUT2D eigenvalue weighted by molar-refractivity contribution is 6.30. The van der Waals surface area contributed by atoms with Crippen LogP contribution in [0.5, 0.6) is 5.75 Å². The molecule has 0 spiro atoms. The Morgan fingerprint density at radius 2 is 1.84 bits per heavy atom. The SMILES string of the molecule is CC1C(=O)[N+](C)(C)Oc2cc(C(=O)C=Cc3ccc(Cl)cc3)ccc21. The molecule has 4 nitrogen and oxygen atoms in total. The Labute approximate surface area is 151 Å². The van der Waals surface area contributed by atoms with E-state index in [0.717, 1.165) is 11.1 Å². The third kappa shape index (κ3) is 3.50. The van der Waals surface area contributed by atoms with Gasteiger partial charge in [-0.3, -0.25) is 4.79 Å². The molecule has 0 aliphatic carbocycles. The van der Waals surface area contributed by atoms with Gasteiger partial charge in [0, 0.05) is 16.1 Å². The summed E-state index contributed by atoms with van der Waals surface area (Å²) in [5.41, 5.74) is 2.22. The summed E-state index contributed by atoms with van der Waals surface area (Å²) in [4.78, 5) is 30.5. The van der Waals surface area contributed by atoms with Crippen molar-refractivity contribution in [2.24, 2.45) is 0 Å². The molecule has 0 saturated carbocycles. The largest absolute Gasteiger partial charge is 0.361 e. The molecule has 1 heterocycles. The van der Waals surface area contributed by atoms with Gasteiger partial charge >= 0.3 is 5.91 Å². The summed E-state index contributed by atoms with van der Waals surface area (Å²) in [7, 11) is 3.38. The molecule has 1 aliphatic heterocycles. The molecule has 128 valence electrons. The second-order valence-electron chi connectivity index (χ2n) is 6.50. The minimum Gasteiger partial charge on any atom is -0.308 e. The predicted octanol–water partition coefficient (Wildman–Crippen LogP) is 4.25. The molecule has 0 fully saturated rings. The minimum atomic E-state index is -0.271. The highest BCUT2D eigenvalue weighted by Crippen LogP contribution is 2.36. The number of quaternary nitrogens is 1. The van der Waals surface area contributed by atoms with Crippen LogP contribution < -0.4 is 4.84 Å². The molecule has 2 aromatic rings. The van der Waals surface area contributed by atoms with E-state index in [1.807, 2.05) is 19.1 Å². The number of rotatable bonds is 3. The van der Waals surface area contributed by atoms with Gasteiger partial charge in [0.05, 0.1) is 0 Å². The molecule has 3 rings (SSSR count). The summed E-state index contributed by atoms with van der Waals surface area (Å²) >= 11 is 5.85. The van der Waals surface area contributed by atoms with E-state index in [9.17, 15) is 9.59 Å². The number of halogens is 1. The molecule has 1 amide bonds. The molecule has 1 aliphatic rings. The van der Waals surface area contributed by atoms with Crippen molar-refractivity contribution in [2.45, 2.75) is 12.8 Å². The van der Waals surface area contributed by atoms with Crippen LogP contribution in [0.2, 0.25) is 5.02 Å². The Kier molecular flexibility index (Phi) is 4.50. The van der Waals surface area contributed by atoms with Crippen molar-refractivity contribution in [1.29, 1.82) is 0 Å². The van der Waals surface area contributed by atoms with Crippen LogP contribution in [0.4, 0.5) is 0 Å². The highest BCUT2D eigenvalue weighted by Gasteiger charge is 2.42. The number of likely N-dealkylation sites (N-methyl/N-ethyl adjacent to an activating group) is 1. The van der Waals surface area contributed by atoms with Crippen LogP contribution in [0, 0.1) is 0 Å².